The second-order valence-corrected chi connectivity index (χ2v) is 4.07. The Labute approximate surface area is 99.7 Å². The molecule has 0 saturated carbocycles. The molecule has 4 nitrogen and oxygen atoms in total. The highest BCUT2D eigenvalue weighted by atomic mass is 35.5. The highest BCUT2D eigenvalue weighted by Gasteiger charge is 2.08. The summed E-state index contributed by atoms with van der Waals surface area (Å²) in [6.45, 7) is 3.77. The molecule has 5 heteroatoms. The van der Waals surface area contributed by atoms with Crippen molar-refractivity contribution in [1.29, 1.82) is 0 Å². The van der Waals surface area contributed by atoms with Crippen LogP contribution in [0.15, 0.2) is 23.4 Å². The van der Waals surface area contributed by atoms with Crippen LogP contribution in [0.4, 0.5) is 0 Å². The van der Waals surface area contributed by atoms with Crippen LogP contribution in [-0.2, 0) is 0 Å². The molecule has 1 rings (SSSR count). The molecule has 0 aromatic heterocycles. The highest BCUT2D eigenvalue weighted by Crippen LogP contribution is 2.23. The third-order valence-electron chi connectivity index (χ3n) is 2.09. The second-order valence-electron chi connectivity index (χ2n) is 3.63. The van der Waals surface area contributed by atoms with Gasteiger partial charge in [-0.1, -0.05) is 16.8 Å². The number of nitrogens with two attached hydrogens (primary N) is 1. The first-order valence-electron chi connectivity index (χ1n) is 4.92. The lowest BCUT2D eigenvalue weighted by Gasteiger charge is -2.15. The van der Waals surface area contributed by atoms with Crippen LogP contribution in [0.1, 0.15) is 18.9 Å². The monoisotopic (exact) mass is 242 g/mol. The van der Waals surface area contributed by atoms with Gasteiger partial charge in [-0.05, 0) is 37.6 Å². The van der Waals surface area contributed by atoms with Gasteiger partial charge in [0, 0.05) is 11.4 Å². The predicted molar refractivity (Wildman–Crippen MR) is 64.3 cm³/mol. The van der Waals surface area contributed by atoms with E-state index < -0.39 is 0 Å². The summed E-state index contributed by atoms with van der Waals surface area (Å²) in [6.07, 6.45) is 0.217. The average Bonchev–Trinajstić information content (AvgIpc) is 2.22. The first-order chi connectivity index (χ1) is 7.52. The Kier molecular flexibility index (Phi) is 4.43. The van der Waals surface area contributed by atoms with Crippen LogP contribution in [0.3, 0.4) is 0 Å². The maximum Gasteiger partial charge on any atom is 0.142 e. The third kappa shape index (κ3) is 3.62. The van der Waals surface area contributed by atoms with E-state index in [0.717, 1.165) is 11.3 Å². The molecule has 16 heavy (non-hydrogen) atoms. The molecule has 3 N–H and O–H groups in total. The smallest absolute Gasteiger partial charge is 0.142 e. The molecule has 88 valence electrons. The van der Waals surface area contributed by atoms with E-state index in [4.69, 9.17) is 27.3 Å². The highest BCUT2D eigenvalue weighted by molar-refractivity contribution is 6.30. The van der Waals surface area contributed by atoms with Crippen molar-refractivity contribution in [2.75, 3.05) is 0 Å². The second kappa shape index (κ2) is 5.61. The lowest BCUT2D eigenvalue weighted by molar-refractivity contribution is 0.225. The summed E-state index contributed by atoms with van der Waals surface area (Å²) < 4.78 is 5.64. The number of rotatable bonds is 4. The topological polar surface area (TPSA) is 67.8 Å². The van der Waals surface area contributed by atoms with Crippen LogP contribution < -0.4 is 10.5 Å². The van der Waals surface area contributed by atoms with Gasteiger partial charge in [-0.25, -0.2) is 0 Å². The lowest BCUT2D eigenvalue weighted by Crippen LogP contribution is -2.22. The minimum Gasteiger partial charge on any atom is -0.490 e. The van der Waals surface area contributed by atoms with Gasteiger partial charge in [-0.3, -0.25) is 0 Å². The van der Waals surface area contributed by atoms with Crippen LogP contribution in [0.5, 0.6) is 5.75 Å². The number of hydrogen-bond donors (Lipinski definition) is 2. The summed E-state index contributed by atoms with van der Waals surface area (Å²) in [6, 6.07) is 5.40. The number of halogens is 1. The molecule has 0 bridgehead atoms. The van der Waals surface area contributed by atoms with Crippen LogP contribution in [0, 0.1) is 6.92 Å². The number of benzene rings is 1. The summed E-state index contributed by atoms with van der Waals surface area (Å²) in [4.78, 5) is 0. The van der Waals surface area contributed by atoms with Gasteiger partial charge in [0.1, 0.15) is 17.7 Å². The number of aryl methyl sites for hydroxylation is 1. The maximum absolute atomic E-state index is 8.43. The fourth-order valence-electron chi connectivity index (χ4n) is 1.34. The number of hydrogen-bond acceptors (Lipinski definition) is 3. The zero-order valence-electron chi connectivity index (χ0n) is 9.27. The van der Waals surface area contributed by atoms with Crippen LogP contribution in [-0.4, -0.2) is 17.1 Å². The molecule has 0 spiro atoms. The van der Waals surface area contributed by atoms with Gasteiger partial charge in [-0.2, -0.15) is 0 Å². The Bertz CT molecular complexity index is 394. The standard InChI is InChI=1S/C11H15ClN2O2/c1-7-5-9(12)3-4-10(7)16-8(2)6-11(13)14-15/h3-5,8,15H,6H2,1-2H3,(H2,13,14). The van der Waals surface area contributed by atoms with Gasteiger partial charge in [0.15, 0.2) is 0 Å². The van der Waals surface area contributed by atoms with Crippen molar-refractivity contribution in [3.05, 3.63) is 28.8 Å². The molecule has 0 amide bonds. The molecular weight excluding hydrogens is 228 g/mol. The Balaban J connectivity index is 2.66. The largest absolute Gasteiger partial charge is 0.490 e. The molecule has 0 radical (unpaired) electrons. The van der Waals surface area contributed by atoms with E-state index in [9.17, 15) is 0 Å². The fourth-order valence-corrected chi connectivity index (χ4v) is 1.57. The van der Waals surface area contributed by atoms with Crippen LogP contribution >= 0.6 is 11.6 Å². The summed E-state index contributed by atoms with van der Waals surface area (Å²) in [5.74, 6) is 0.904. The van der Waals surface area contributed by atoms with Crippen molar-refractivity contribution in [2.24, 2.45) is 10.9 Å². The normalized spacial score (nSPS) is 13.6. The molecule has 0 aliphatic rings. The van der Waals surface area contributed by atoms with E-state index in [-0.39, 0.29) is 11.9 Å². The summed E-state index contributed by atoms with van der Waals surface area (Å²) in [5.41, 5.74) is 6.35. The lowest BCUT2D eigenvalue weighted by atomic mass is 10.2. The molecule has 1 aromatic carbocycles. The van der Waals surface area contributed by atoms with Gasteiger partial charge in [0.25, 0.3) is 0 Å². The zero-order valence-corrected chi connectivity index (χ0v) is 10.0. The SMILES string of the molecule is Cc1cc(Cl)ccc1OC(C)CC(N)=NO. The maximum atomic E-state index is 8.43. The summed E-state index contributed by atoms with van der Waals surface area (Å²) in [5, 5.41) is 12.0. The number of amidine groups is 1. The van der Waals surface area contributed by atoms with Crippen molar-refractivity contribution in [1.82, 2.24) is 0 Å². The van der Waals surface area contributed by atoms with E-state index in [1.807, 2.05) is 19.9 Å². The third-order valence-corrected chi connectivity index (χ3v) is 2.33. The Morgan fingerprint density at radius 1 is 1.62 bits per heavy atom. The summed E-state index contributed by atoms with van der Waals surface area (Å²) in [7, 11) is 0. The molecule has 1 aromatic rings. The molecular formula is C11H15ClN2O2. The minimum atomic E-state index is -0.157. The van der Waals surface area contributed by atoms with Crippen molar-refractivity contribution >= 4 is 17.4 Å². The number of oxime groups is 1. The van der Waals surface area contributed by atoms with Gasteiger partial charge in [0.05, 0.1) is 0 Å². The molecule has 0 saturated heterocycles. The van der Waals surface area contributed by atoms with Crippen molar-refractivity contribution < 1.29 is 9.94 Å². The van der Waals surface area contributed by atoms with Gasteiger partial charge < -0.3 is 15.7 Å². The van der Waals surface area contributed by atoms with Crippen molar-refractivity contribution in [3.8, 4) is 5.75 Å². The molecule has 1 unspecified atom stereocenters. The first kappa shape index (κ1) is 12.6. The Morgan fingerprint density at radius 2 is 2.31 bits per heavy atom. The van der Waals surface area contributed by atoms with E-state index in [2.05, 4.69) is 5.16 Å². The molecule has 0 aliphatic heterocycles. The zero-order chi connectivity index (χ0) is 12.1. The van der Waals surface area contributed by atoms with E-state index in [0.29, 0.717) is 11.4 Å². The average molecular weight is 243 g/mol. The fraction of sp³-hybridized carbons (Fsp3) is 0.364. The Hall–Kier alpha value is -1.42. The van der Waals surface area contributed by atoms with E-state index in [1.54, 1.807) is 12.1 Å². The predicted octanol–water partition coefficient (Wildman–Crippen LogP) is 2.55. The Morgan fingerprint density at radius 3 is 2.88 bits per heavy atom. The van der Waals surface area contributed by atoms with Gasteiger partial charge in [-0.15, -0.1) is 0 Å². The number of ether oxygens (including phenoxy) is 1. The van der Waals surface area contributed by atoms with Gasteiger partial charge >= 0.3 is 0 Å². The summed E-state index contributed by atoms with van der Waals surface area (Å²) >= 11 is 5.83. The van der Waals surface area contributed by atoms with Crippen LogP contribution in [0.2, 0.25) is 5.02 Å². The molecule has 0 fully saturated rings. The van der Waals surface area contributed by atoms with Crippen LogP contribution in [0.25, 0.3) is 0 Å². The molecule has 0 aliphatic carbocycles. The van der Waals surface area contributed by atoms with Gasteiger partial charge in [0.2, 0.25) is 0 Å². The molecule has 1 atom stereocenters. The quantitative estimate of drug-likeness (QED) is 0.369. The van der Waals surface area contributed by atoms with E-state index >= 15 is 0 Å². The minimum absolute atomic E-state index is 0.152. The number of nitrogens with zero attached hydrogens (tertiary/aromatic N) is 1. The van der Waals surface area contributed by atoms with E-state index in [1.165, 1.54) is 0 Å². The van der Waals surface area contributed by atoms with Crippen molar-refractivity contribution in [2.45, 2.75) is 26.4 Å². The molecule has 0 heterocycles. The van der Waals surface area contributed by atoms with Crippen molar-refractivity contribution in [3.63, 3.8) is 0 Å². The first-order valence-corrected chi connectivity index (χ1v) is 5.30.